The van der Waals surface area contributed by atoms with Crippen molar-refractivity contribution in [2.24, 2.45) is 5.92 Å². The maximum atomic E-state index is 13.0. The second kappa shape index (κ2) is 9.41. The van der Waals surface area contributed by atoms with Crippen LogP contribution in [-0.4, -0.2) is 68.0 Å². The van der Waals surface area contributed by atoms with Crippen molar-refractivity contribution in [3.8, 4) is 5.75 Å². The van der Waals surface area contributed by atoms with E-state index in [0.717, 1.165) is 30.9 Å². The van der Waals surface area contributed by atoms with Gasteiger partial charge in [-0.1, -0.05) is 29.8 Å². The molecule has 2 heterocycles. The third-order valence-electron chi connectivity index (χ3n) is 6.38. The molecule has 4 rings (SSSR count). The maximum absolute atomic E-state index is 13.0. The van der Waals surface area contributed by atoms with Gasteiger partial charge < -0.3 is 19.4 Å². The van der Waals surface area contributed by atoms with Crippen molar-refractivity contribution in [2.75, 3.05) is 51.3 Å². The summed E-state index contributed by atoms with van der Waals surface area (Å²) in [6, 6.07) is 16.4. The van der Waals surface area contributed by atoms with Crippen LogP contribution in [0, 0.1) is 12.8 Å². The van der Waals surface area contributed by atoms with E-state index in [1.54, 1.807) is 7.11 Å². The van der Waals surface area contributed by atoms with Crippen LogP contribution in [0.5, 0.6) is 5.75 Å². The van der Waals surface area contributed by atoms with Crippen molar-refractivity contribution in [3.63, 3.8) is 0 Å². The number of amides is 2. The second-order valence-electron chi connectivity index (χ2n) is 8.49. The minimum absolute atomic E-state index is 0.0994. The summed E-state index contributed by atoms with van der Waals surface area (Å²) >= 11 is 0. The van der Waals surface area contributed by atoms with Crippen molar-refractivity contribution >= 4 is 17.5 Å². The Balaban J connectivity index is 1.26. The number of rotatable bonds is 6. The number of carbonyl (C=O) groups is 2. The molecule has 6 nitrogen and oxygen atoms in total. The standard InChI is InChI=1S/C25H31N3O3/c1-19-3-5-20(6-4-19)11-12-28-18-21(17-24(28)29)25(30)27-15-13-26(14-16-27)22-7-9-23(31-2)10-8-22/h3-10,21H,11-18H2,1-2H3. The molecule has 2 amide bonds. The molecule has 2 saturated heterocycles. The summed E-state index contributed by atoms with van der Waals surface area (Å²) in [5, 5.41) is 0. The van der Waals surface area contributed by atoms with E-state index in [1.807, 2.05) is 21.9 Å². The van der Waals surface area contributed by atoms with Gasteiger partial charge >= 0.3 is 0 Å². The van der Waals surface area contributed by atoms with E-state index < -0.39 is 0 Å². The van der Waals surface area contributed by atoms with Gasteiger partial charge in [0.15, 0.2) is 0 Å². The molecular weight excluding hydrogens is 390 g/mol. The number of anilines is 1. The minimum Gasteiger partial charge on any atom is -0.497 e. The van der Waals surface area contributed by atoms with Crippen LogP contribution in [-0.2, 0) is 16.0 Å². The Morgan fingerprint density at radius 1 is 1.00 bits per heavy atom. The van der Waals surface area contributed by atoms with Crippen LogP contribution >= 0.6 is 0 Å². The predicted octanol–water partition coefficient (Wildman–Crippen LogP) is 2.74. The molecule has 2 aromatic carbocycles. The quantitative estimate of drug-likeness (QED) is 0.720. The highest BCUT2D eigenvalue weighted by molar-refractivity contribution is 5.89. The number of piperazine rings is 1. The zero-order chi connectivity index (χ0) is 21.8. The van der Waals surface area contributed by atoms with E-state index >= 15 is 0 Å². The summed E-state index contributed by atoms with van der Waals surface area (Å²) in [7, 11) is 1.66. The number of carbonyl (C=O) groups excluding carboxylic acids is 2. The van der Waals surface area contributed by atoms with Gasteiger partial charge in [-0.25, -0.2) is 0 Å². The molecule has 6 heteroatoms. The molecule has 2 aliphatic heterocycles. The number of aryl methyl sites for hydroxylation is 1. The lowest BCUT2D eigenvalue weighted by Crippen LogP contribution is -2.50. The van der Waals surface area contributed by atoms with E-state index in [1.165, 1.54) is 11.1 Å². The lowest BCUT2D eigenvalue weighted by atomic mass is 10.1. The lowest BCUT2D eigenvalue weighted by molar-refractivity contribution is -0.136. The van der Waals surface area contributed by atoms with Gasteiger partial charge in [-0.15, -0.1) is 0 Å². The fraction of sp³-hybridized carbons (Fsp3) is 0.440. The van der Waals surface area contributed by atoms with Gasteiger partial charge in [-0.2, -0.15) is 0 Å². The fourth-order valence-electron chi connectivity index (χ4n) is 4.41. The third kappa shape index (κ3) is 5.01. The molecule has 1 atom stereocenters. The first-order valence-electron chi connectivity index (χ1n) is 11.0. The van der Waals surface area contributed by atoms with E-state index in [2.05, 4.69) is 48.2 Å². The normalized spacial score (nSPS) is 19.1. The predicted molar refractivity (Wildman–Crippen MR) is 121 cm³/mol. The highest BCUT2D eigenvalue weighted by Gasteiger charge is 2.37. The average molecular weight is 422 g/mol. The van der Waals surface area contributed by atoms with Crippen LogP contribution < -0.4 is 9.64 Å². The average Bonchev–Trinajstić information content (AvgIpc) is 3.19. The summed E-state index contributed by atoms with van der Waals surface area (Å²) < 4.78 is 5.22. The van der Waals surface area contributed by atoms with Crippen molar-refractivity contribution in [1.82, 2.24) is 9.80 Å². The Bertz CT molecular complexity index is 903. The first-order valence-corrected chi connectivity index (χ1v) is 11.0. The van der Waals surface area contributed by atoms with Gasteiger partial charge in [0.2, 0.25) is 11.8 Å². The fourth-order valence-corrected chi connectivity index (χ4v) is 4.41. The molecule has 31 heavy (non-hydrogen) atoms. The van der Waals surface area contributed by atoms with Crippen LogP contribution in [0.3, 0.4) is 0 Å². The van der Waals surface area contributed by atoms with Crippen LogP contribution in [0.4, 0.5) is 5.69 Å². The molecule has 0 aliphatic carbocycles. The highest BCUT2D eigenvalue weighted by Crippen LogP contribution is 2.24. The van der Waals surface area contributed by atoms with Crippen LogP contribution in [0.15, 0.2) is 48.5 Å². The molecule has 2 aromatic rings. The number of methoxy groups -OCH3 is 1. The lowest BCUT2D eigenvalue weighted by Gasteiger charge is -2.37. The van der Waals surface area contributed by atoms with Crippen molar-refractivity contribution in [1.29, 1.82) is 0 Å². The zero-order valence-electron chi connectivity index (χ0n) is 18.4. The molecule has 0 aromatic heterocycles. The number of nitrogens with zero attached hydrogens (tertiary/aromatic N) is 3. The van der Waals surface area contributed by atoms with Crippen LogP contribution in [0.2, 0.25) is 0 Å². The third-order valence-corrected chi connectivity index (χ3v) is 6.38. The zero-order valence-corrected chi connectivity index (χ0v) is 18.4. The van der Waals surface area contributed by atoms with Crippen molar-refractivity contribution in [2.45, 2.75) is 19.8 Å². The largest absolute Gasteiger partial charge is 0.497 e. The smallest absolute Gasteiger partial charge is 0.228 e. The number of hydrogen-bond donors (Lipinski definition) is 0. The maximum Gasteiger partial charge on any atom is 0.228 e. The molecular formula is C25H31N3O3. The van der Waals surface area contributed by atoms with Gasteiger partial charge in [0, 0.05) is 51.4 Å². The van der Waals surface area contributed by atoms with Gasteiger partial charge in [0.25, 0.3) is 0 Å². The molecule has 164 valence electrons. The molecule has 0 saturated carbocycles. The summed E-state index contributed by atoms with van der Waals surface area (Å²) in [4.78, 5) is 31.6. The van der Waals surface area contributed by atoms with E-state index in [4.69, 9.17) is 4.74 Å². The first-order chi connectivity index (χ1) is 15.0. The van der Waals surface area contributed by atoms with Crippen molar-refractivity contribution in [3.05, 3.63) is 59.7 Å². The van der Waals surface area contributed by atoms with Crippen molar-refractivity contribution < 1.29 is 14.3 Å². The summed E-state index contributed by atoms with van der Waals surface area (Å²) in [6.07, 6.45) is 1.17. The summed E-state index contributed by atoms with van der Waals surface area (Å²) in [5.41, 5.74) is 3.60. The summed E-state index contributed by atoms with van der Waals surface area (Å²) in [6.45, 7) is 6.28. The Morgan fingerprint density at radius 2 is 1.68 bits per heavy atom. The van der Waals surface area contributed by atoms with Gasteiger partial charge in [-0.3, -0.25) is 9.59 Å². The molecule has 2 fully saturated rings. The Kier molecular flexibility index (Phi) is 6.44. The van der Waals surface area contributed by atoms with Gasteiger partial charge in [0.05, 0.1) is 13.0 Å². The highest BCUT2D eigenvalue weighted by atomic mass is 16.5. The topological polar surface area (TPSA) is 53.1 Å². The molecule has 0 radical (unpaired) electrons. The Morgan fingerprint density at radius 3 is 2.32 bits per heavy atom. The van der Waals surface area contributed by atoms with E-state index in [9.17, 15) is 9.59 Å². The number of ether oxygens (including phenoxy) is 1. The first kappa shape index (κ1) is 21.2. The minimum atomic E-state index is -0.210. The number of benzene rings is 2. The Hall–Kier alpha value is -3.02. The second-order valence-corrected chi connectivity index (χ2v) is 8.49. The Labute approximate surface area is 184 Å². The summed E-state index contributed by atoms with van der Waals surface area (Å²) in [5.74, 6) is 0.858. The van der Waals surface area contributed by atoms with Crippen LogP contribution in [0.1, 0.15) is 17.5 Å². The SMILES string of the molecule is COc1ccc(N2CCN(C(=O)C3CC(=O)N(CCc4ccc(C)cc4)C3)CC2)cc1. The molecule has 0 spiro atoms. The molecule has 2 aliphatic rings. The van der Waals surface area contributed by atoms with E-state index in [0.29, 0.717) is 32.6 Å². The monoisotopic (exact) mass is 421 g/mol. The number of hydrogen-bond acceptors (Lipinski definition) is 4. The molecule has 0 bridgehead atoms. The van der Waals surface area contributed by atoms with E-state index in [-0.39, 0.29) is 17.7 Å². The van der Waals surface area contributed by atoms with Gasteiger partial charge in [0.1, 0.15) is 5.75 Å². The van der Waals surface area contributed by atoms with Crippen LogP contribution in [0.25, 0.3) is 0 Å². The number of likely N-dealkylation sites (tertiary alicyclic amines) is 1. The van der Waals surface area contributed by atoms with Gasteiger partial charge in [-0.05, 0) is 43.2 Å². The molecule has 0 N–H and O–H groups in total. The molecule has 1 unspecified atom stereocenters.